The van der Waals surface area contributed by atoms with Crippen LogP contribution in [0.3, 0.4) is 0 Å². The van der Waals surface area contributed by atoms with E-state index in [2.05, 4.69) is 10.1 Å². The van der Waals surface area contributed by atoms with Crippen LogP contribution in [0.15, 0.2) is 57.6 Å². The summed E-state index contributed by atoms with van der Waals surface area (Å²) >= 11 is 0. The molecule has 8 nitrogen and oxygen atoms in total. The molecule has 1 aromatic carbocycles. The maximum atomic E-state index is 12.6. The number of aryl methyl sites for hydroxylation is 3. The van der Waals surface area contributed by atoms with Gasteiger partial charge in [-0.3, -0.25) is 14.2 Å². The summed E-state index contributed by atoms with van der Waals surface area (Å²) < 4.78 is 17.8. The van der Waals surface area contributed by atoms with Crippen molar-refractivity contribution in [2.75, 3.05) is 6.61 Å². The number of ether oxygens (including phenoxy) is 1. The van der Waals surface area contributed by atoms with Crippen molar-refractivity contribution >= 4 is 11.8 Å². The first-order valence-electron chi connectivity index (χ1n) is 10.2. The number of hydrogen-bond donors (Lipinski definition) is 0. The lowest BCUT2D eigenvalue weighted by Gasteiger charge is -2.06. The summed E-state index contributed by atoms with van der Waals surface area (Å²) in [6.45, 7) is 5.16. The number of aromatic nitrogens is 3. The molecule has 0 aliphatic carbocycles. The molecule has 164 valence electrons. The third kappa shape index (κ3) is 4.54. The highest BCUT2D eigenvalue weighted by molar-refractivity contribution is 5.99. The molecule has 8 heteroatoms. The number of nitrogens with zero attached hydrogens (tertiary/aromatic N) is 3. The predicted molar refractivity (Wildman–Crippen MR) is 116 cm³/mol. The van der Waals surface area contributed by atoms with E-state index in [4.69, 9.17) is 13.7 Å². The lowest BCUT2D eigenvalue weighted by Crippen LogP contribution is -2.15. The maximum Gasteiger partial charge on any atom is 0.306 e. The second-order valence-corrected chi connectivity index (χ2v) is 7.48. The molecule has 0 unspecified atom stereocenters. The smallest absolute Gasteiger partial charge is 0.306 e. The number of rotatable bonds is 8. The van der Waals surface area contributed by atoms with Gasteiger partial charge in [-0.25, -0.2) is 4.98 Å². The molecule has 0 aliphatic heterocycles. The molecule has 0 saturated heterocycles. The van der Waals surface area contributed by atoms with Gasteiger partial charge in [0.15, 0.2) is 24.1 Å². The van der Waals surface area contributed by atoms with Crippen LogP contribution in [0.2, 0.25) is 0 Å². The monoisotopic (exact) mass is 433 g/mol. The van der Waals surface area contributed by atoms with E-state index < -0.39 is 5.97 Å². The van der Waals surface area contributed by atoms with Gasteiger partial charge < -0.3 is 13.7 Å². The Bertz CT molecular complexity index is 1250. The van der Waals surface area contributed by atoms with E-state index in [0.717, 1.165) is 11.3 Å². The van der Waals surface area contributed by atoms with Gasteiger partial charge in [0.2, 0.25) is 5.78 Å². The molecule has 4 rings (SSSR count). The van der Waals surface area contributed by atoms with Crippen LogP contribution in [0.5, 0.6) is 0 Å². The number of benzene rings is 1. The van der Waals surface area contributed by atoms with E-state index in [1.807, 2.05) is 48.7 Å². The van der Waals surface area contributed by atoms with Crippen molar-refractivity contribution < 1.29 is 23.3 Å². The molecular weight excluding hydrogens is 410 g/mol. The number of esters is 1. The summed E-state index contributed by atoms with van der Waals surface area (Å²) in [5, 5.41) is 4.01. The summed E-state index contributed by atoms with van der Waals surface area (Å²) in [5.74, 6) is 1.60. The average molecular weight is 433 g/mol. The number of oxazole rings is 1. The minimum Gasteiger partial charge on any atom is -0.457 e. The van der Waals surface area contributed by atoms with E-state index in [9.17, 15) is 9.59 Å². The average Bonchev–Trinajstić information content (AvgIpc) is 3.50. The second kappa shape index (κ2) is 9.05. The van der Waals surface area contributed by atoms with Crippen LogP contribution in [0.25, 0.3) is 17.1 Å². The van der Waals surface area contributed by atoms with Crippen molar-refractivity contribution in [3.63, 3.8) is 0 Å². The standard InChI is InChI=1S/C24H23N3O5/c1-15-11-19(17(3)27(15)22-12-16(2)32-26-22)20(28)14-30-24(29)10-9-23-25-13-21(31-23)18-7-5-4-6-8-18/h4-8,11-13H,9-10,14H2,1-3H3. The molecule has 32 heavy (non-hydrogen) atoms. The Morgan fingerprint density at radius 2 is 1.88 bits per heavy atom. The Balaban J connectivity index is 1.32. The molecule has 3 aromatic heterocycles. The third-order valence-electron chi connectivity index (χ3n) is 5.10. The van der Waals surface area contributed by atoms with Crippen molar-refractivity contribution in [2.24, 2.45) is 0 Å². The van der Waals surface area contributed by atoms with Gasteiger partial charge >= 0.3 is 5.97 Å². The Labute approximate surface area is 184 Å². The predicted octanol–water partition coefficient (Wildman–Crippen LogP) is 4.40. The number of carbonyl (C=O) groups is 2. The number of ketones is 1. The van der Waals surface area contributed by atoms with Gasteiger partial charge in [-0.15, -0.1) is 0 Å². The minimum atomic E-state index is -0.487. The molecule has 0 N–H and O–H groups in total. The first kappa shape index (κ1) is 21.3. The Morgan fingerprint density at radius 1 is 1.09 bits per heavy atom. The van der Waals surface area contributed by atoms with E-state index in [1.54, 1.807) is 25.3 Å². The van der Waals surface area contributed by atoms with E-state index in [-0.39, 0.29) is 18.8 Å². The summed E-state index contributed by atoms with van der Waals surface area (Å²) in [7, 11) is 0. The summed E-state index contributed by atoms with van der Waals surface area (Å²) in [6, 6.07) is 13.1. The van der Waals surface area contributed by atoms with Crippen LogP contribution in [0, 0.1) is 20.8 Å². The first-order valence-corrected chi connectivity index (χ1v) is 10.2. The highest BCUT2D eigenvalue weighted by Crippen LogP contribution is 2.22. The quantitative estimate of drug-likeness (QED) is 0.300. The topological polar surface area (TPSA) is 100 Å². The van der Waals surface area contributed by atoms with Crippen LogP contribution in [-0.2, 0) is 16.0 Å². The van der Waals surface area contributed by atoms with Gasteiger partial charge in [-0.05, 0) is 26.8 Å². The van der Waals surface area contributed by atoms with Crippen molar-refractivity contribution in [1.82, 2.24) is 14.7 Å². The molecule has 0 fully saturated rings. The van der Waals surface area contributed by atoms with Crippen LogP contribution < -0.4 is 0 Å². The zero-order valence-corrected chi connectivity index (χ0v) is 18.1. The highest BCUT2D eigenvalue weighted by atomic mass is 16.5. The molecular formula is C24H23N3O5. The number of carbonyl (C=O) groups excluding carboxylic acids is 2. The molecule has 0 atom stereocenters. The summed E-state index contributed by atoms with van der Waals surface area (Å²) in [6.07, 6.45) is 1.99. The van der Waals surface area contributed by atoms with Crippen molar-refractivity contribution in [3.05, 3.63) is 77.3 Å². The largest absolute Gasteiger partial charge is 0.457 e. The first-order chi connectivity index (χ1) is 15.4. The Kier molecular flexibility index (Phi) is 6.02. The van der Waals surface area contributed by atoms with Crippen molar-refractivity contribution in [2.45, 2.75) is 33.6 Å². The molecule has 0 aliphatic rings. The zero-order valence-electron chi connectivity index (χ0n) is 18.1. The lowest BCUT2D eigenvalue weighted by atomic mass is 10.1. The number of hydrogen-bond acceptors (Lipinski definition) is 7. The number of Topliss-reactive ketones (excluding diaryl/α,β-unsaturated/α-hetero) is 1. The molecule has 0 amide bonds. The minimum absolute atomic E-state index is 0.0687. The zero-order chi connectivity index (χ0) is 22.7. The lowest BCUT2D eigenvalue weighted by molar-refractivity contribution is -0.142. The van der Waals surface area contributed by atoms with Gasteiger partial charge in [0.05, 0.1) is 12.6 Å². The molecule has 0 saturated carbocycles. The van der Waals surface area contributed by atoms with Crippen molar-refractivity contribution in [1.29, 1.82) is 0 Å². The molecule has 0 radical (unpaired) electrons. The van der Waals surface area contributed by atoms with Crippen LogP contribution in [0.4, 0.5) is 0 Å². The summed E-state index contributed by atoms with van der Waals surface area (Å²) in [4.78, 5) is 29.0. The van der Waals surface area contributed by atoms with E-state index >= 15 is 0 Å². The molecule has 0 bridgehead atoms. The highest BCUT2D eigenvalue weighted by Gasteiger charge is 2.20. The van der Waals surface area contributed by atoms with Gasteiger partial charge in [-0.2, -0.15) is 0 Å². The van der Waals surface area contributed by atoms with Gasteiger partial charge in [-0.1, -0.05) is 35.5 Å². The fourth-order valence-electron chi connectivity index (χ4n) is 3.52. The normalized spacial score (nSPS) is 11.0. The van der Waals surface area contributed by atoms with Crippen LogP contribution in [-0.4, -0.2) is 33.1 Å². The third-order valence-corrected chi connectivity index (χ3v) is 5.10. The van der Waals surface area contributed by atoms with Crippen LogP contribution in [0.1, 0.15) is 39.8 Å². The Morgan fingerprint density at radius 3 is 2.59 bits per heavy atom. The van der Waals surface area contributed by atoms with Crippen molar-refractivity contribution in [3.8, 4) is 17.1 Å². The second-order valence-electron chi connectivity index (χ2n) is 7.48. The van der Waals surface area contributed by atoms with E-state index in [0.29, 0.717) is 40.9 Å². The molecule has 3 heterocycles. The van der Waals surface area contributed by atoms with E-state index in [1.165, 1.54) is 0 Å². The van der Waals surface area contributed by atoms with Gasteiger partial charge in [0.1, 0.15) is 5.76 Å². The fraction of sp³-hybridized carbons (Fsp3) is 0.250. The maximum absolute atomic E-state index is 12.6. The SMILES string of the molecule is Cc1cc(-n2c(C)cc(C(=O)COC(=O)CCc3ncc(-c4ccccc4)o3)c2C)no1. The molecule has 0 spiro atoms. The van der Waals surface area contributed by atoms with Gasteiger partial charge in [0.25, 0.3) is 0 Å². The van der Waals surface area contributed by atoms with Crippen LogP contribution >= 0.6 is 0 Å². The fourth-order valence-corrected chi connectivity index (χ4v) is 3.52. The Hall–Kier alpha value is -3.94. The molecule has 4 aromatic rings. The van der Waals surface area contributed by atoms with Gasteiger partial charge in [0, 0.05) is 35.0 Å². The summed E-state index contributed by atoms with van der Waals surface area (Å²) in [5.41, 5.74) is 2.95.